The van der Waals surface area contributed by atoms with Crippen LogP contribution in [0.2, 0.25) is 5.02 Å². The van der Waals surface area contributed by atoms with Crippen molar-refractivity contribution in [1.82, 2.24) is 4.98 Å². The van der Waals surface area contributed by atoms with Gasteiger partial charge < -0.3 is 5.32 Å². The summed E-state index contributed by atoms with van der Waals surface area (Å²) in [5.41, 5.74) is 0.596. The maximum Gasteiger partial charge on any atom is 0.256 e. The largest absolute Gasteiger partial charge is 0.307 e. The zero-order chi connectivity index (χ0) is 12.3. The van der Waals surface area contributed by atoms with Crippen LogP contribution in [0, 0.1) is 3.57 Å². The van der Waals surface area contributed by atoms with Gasteiger partial charge in [-0.15, -0.1) is 0 Å². The van der Waals surface area contributed by atoms with E-state index in [9.17, 15) is 4.79 Å². The molecule has 0 bridgehead atoms. The number of hydrogen-bond acceptors (Lipinski definition) is 2. The Labute approximate surface area is 117 Å². The van der Waals surface area contributed by atoms with E-state index in [4.69, 9.17) is 11.6 Å². The molecule has 0 saturated heterocycles. The molecule has 5 heteroatoms. The van der Waals surface area contributed by atoms with Gasteiger partial charge in [0.25, 0.3) is 5.91 Å². The molecule has 0 radical (unpaired) electrons. The van der Waals surface area contributed by atoms with Gasteiger partial charge in [0.2, 0.25) is 0 Å². The van der Waals surface area contributed by atoms with Crippen molar-refractivity contribution >= 4 is 45.9 Å². The first-order valence-electron chi connectivity index (χ1n) is 4.83. The SMILES string of the molecule is O=C(Nc1cc(Cl)ccn1)c1cccc(I)c1. The molecule has 2 rings (SSSR count). The Balaban J connectivity index is 2.17. The van der Waals surface area contributed by atoms with Crippen LogP contribution in [0.5, 0.6) is 0 Å². The molecular formula is C12H8ClIN2O. The fourth-order valence-corrected chi connectivity index (χ4v) is 1.99. The van der Waals surface area contributed by atoms with E-state index in [1.54, 1.807) is 30.5 Å². The number of hydrogen-bond donors (Lipinski definition) is 1. The second-order valence-corrected chi connectivity index (χ2v) is 5.01. The summed E-state index contributed by atoms with van der Waals surface area (Å²) >= 11 is 7.97. The quantitative estimate of drug-likeness (QED) is 0.834. The highest BCUT2D eigenvalue weighted by Gasteiger charge is 2.06. The molecule has 0 saturated carbocycles. The fourth-order valence-electron chi connectivity index (χ4n) is 1.29. The molecule has 0 unspecified atom stereocenters. The number of benzene rings is 1. The standard InChI is InChI=1S/C12H8ClIN2O/c13-9-4-5-15-11(7-9)16-12(17)8-2-1-3-10(14)6-8/h1-7H,(H,15,16,17). The van der Waals surface area contributed by atoms with E-state index in [-0.39, 0.29) is 5.91 Å². The third-order valence-electron chi connectivity index (χ3n) is 2.05. The van der Waals surface area contributed by atoms with Gasteiger partial charge >= 0.3 is 0 Å². The molecule has 1 aromatic carbocycles. The lowest BCUT2D eigenvalue weighted by molar-refractivity contribution is 0.102. The number of carbonyl (C=O) groups is 1. The number of aromatic nitrogens is 1. The van der Waals surface area contributed by atoms with Crippen molar-refractivity contribution in [2.24, 2.45) is 0 Å². The molecule has 1 aromatic heterocycles. The number of rotatable bonds is 2. The number of pyridine rings is 1. The van der Waals surface area contributed by atoms with Crippen LogP contribution >= 0.6 is 34.2 Å². The lowest BCUT2D eigenvalue weighted by Gasteiger charge is -2.04. The number of nitrogens with one attached hydrogen (secondary N) is 1. The first-order valence-corrected chi connectivity index (χ1v) is 6.29. The number of anilines is 1. The number of carbonyl (C=O) groups excluding carboxylic acids is 1. The maximum absolute atomic E-state index is 11.9. The highest BCUT2D eigenvalue weighted by molar-refractivity contribution is 14.1. The molecule has 1 heterocycles. The summed E-state index contributed by atoms with van der Waals surface area (Å²) in [6, 6.07) is 10.6. The minimum absolute atomic E-state index is 0.196. The van der Waals surface area contributed by atoms with Gasteiger partial charge in [0.1, 0.15) is 5.82 Å². The fraction of sp³-hybridized carbons (Fsp3) is 0. The monoisotopic (exact) mass is 358 g/mol. The molecule has 1 amide bonds. The predicted molar refractivity (Wildman–Crippen MR) is 76.4 cm³/mol. The molecule has 0 aliphatic heterocycles. The van der Waals surface area contributed by atoms with Crippen molar-refractivity contribution < 1.29 is 4.79 Å². The lowest BCUT2D eigenvalue weighted by atomic mass is 10.2. The Morgan fingerprint density at radius 2 is 2.12 bits per heavy atom. The topological polar surface area (TPSA) is 42.0 Å². The summed E-state index contributed by atoms with van der Waals surface area (Å²) < 4.78 is 1.01. The summed E-state index contributed by atoms with van der Waals surface area (Å²) in [5.74, 6) is 0.250. The lowest BCUT2D eigenvalue weighted by Crippen LogP contribution is -2.12. The van der Waals surface area contributed by atoms with Crippen molar-refractivity contribution in [2.75, 3.05) is 5.32 Å². The summed E-state index contributed by atoms with van der Waals surface area (Å²) in [6.07, 6.45) is 1.55. The first-order chi connectivity index (χ1) is 8.15. The van der Waals surface area contributed by atoms with E-state index in [1.807, 2.05) is 12.1 Å². The van der Waals surface area contributed by atoms with Crippen LogP contribution in [0.15, 0.2) is 42.6 Å². The average Bonchev–Trinajstić information content (AvgIpc) is 2.29. The number of nitrogens with zero attached hydrogens (tertiary/aromatic N) is 1. The van der Waals surface area contributed by atoms with E-state index in [2.05, 4.69) is 32.9 Å². The maximum atomic E-state index is 11.9. The third-order valence-corrected chi connectivity index (χ3v) is 2.96. The van der Waals surface area contributed by atoms with Gasteiger partial charge in [0, 0.05) is 20.4 Å². The Morgan fingerprint density at radius 3 is 2.82 bits per heavy atom. The number of amides is 1. The second kappa shape index (κ2) is 5.46. The zero-order valence-electron chi connectivity index (χ0n) is 8.65. The molecule has 3 nitrogen and oxygen atoms in total. The van der Waals surface area contributed by atoms with Crippen LogP contribution in [0.4, 0.5) is 5.82 Å². The zero-order valence-corrected chi connectivity index (χ0v) is 11.6. The molecule has 17 heavy (non-hydrogen) atoms. The van der Waals surface area contributed by atoms with E-state index in [1.165, 1.54) is 0 Å². The van der Waals surface area contributed by atoms with Crippen LogP contribution in [0.3, 0.4) is 0 Å². The van der Waals surface area contributed by atoms with Crippen LogP contribution < -0.4 is 5.32 Å². The predicted octanol–water partition coefficient (Wildman–Crippen LogP) is 3.59. The Hall–Kier alpha value is -1.14. The second-order valence-electron chi connectivity index (χ2n) is 3.32. The molecule has 0 fully saturated rings. The van der Waals surface area contributed by atoms with Gasteiger partial charge in [0.15, 0.2) is 0 Å². The van der Waals surface area contributed by atoms with Crippen molar-refractivity contribution in [3.8, 4) is 0 Å². The van der Waals surface area contributed by atoms with Gasteiger partial charge in [-0.3, -0.25) is 4.79 Å². The summed E-state index contributed by atoms with van der Waals surface area (Å²) in [7, 11) is 0. The highest BCUT2D eigenvalue weighted by atomic mass is 127. The van der Waals surface area contributed by atoms with Gasteiger partial charge in [-0.2, -0.15) is 0 Å². The Kier molecular flexibility index (Phi) is 3.96. The van der Waals surface area contributed by atoms with Crippen molar-refractivity contribution in [1.29, 1.82) is 0 Å². The van der Waals surface area contributed by atoms with Crippen LogP contribution in [-0.4, -0.2) is 10.9 Å². The van der Waals surface area contributed by atoms with E-state index in [0.717, 1.165) is 3.57 Å². The summed E-state index contributed by atoms with van der Waals surface area (Å²) in [6.45, 7) is 0. The molecule has 0 atom stereocenters. The summed E-state index contributed by atoms with van der Waals surface area (Å²) in [4.78, 5) is 15.9. The number of halogens is 2. The molecular weight excluding hydrogens is 351 g/mol. The van der Waals surface area contributed by atoms with Crippen LogP contribution in [-0.2, 0) is 0 Å². The normalized spacial score (nSPS) is 10.0. The molecule has 1 N–H and O–H groups in total. The molecule has 86 valence electrons. The minimum atomic E-state index is -0.196. The van der Waals surface area contributed by atoms with Crippen LogP contribution in [0.25, 0.3) is 0 Å². The highest BCUT2D eigenvalue weighted by Crippen LogP contribution is 2.14. The molecule has 0 aliphatic rings. The van der Waals surface area contributed by atoms with E-state index < -0.39 is 0 Å². The van der Waals surface area contributed by atoms with Gasteiger partial charge in [-0.1, -0.05) is 17.7 Å². The van der Waals surface area contributed by atoms with Gasteiger partial charge in [-0.25, -0.2) is 4.98 Å². The van der Waals surface area contributed by atoms with Crippen LogP contribution in [0.1, 0.15) is 10.4 Å². The Morgan fingerprint density at radius 1 is 1.29 bits per heavy atom. The smallest absolute Gasteiger partial charge is 0.256 e. The Bertz CT molecular complexity index is 560. The van der Waals surface area contributed by atoms with Crippen molar-refractivity contribution in [3.05, 3.63) is 56.8 Å². The molecule has 0 spiro atoms. The van der Waals surface area contributed by atoms with Gasteiger partial charge in [0.05, 0.1) is 0 Å². The average molecular weight is 359 g/mol. The first kappa shape index (κ1) is 12.3. The van der Waals surface area contributed by atoms with Crippen molar-refractivity contribution in [2.45, 2.75) is 0 Å². The van der Waals surface area contributed by atoms with E-state index in [0.29, 0.717) is 16.4 Å². The van der Waals surface area contributed by atoms with Crippen molar-refractivity contribution in [3.63, 3.8) is 0 Å². The van der Waals surface area contributed by atoms with E-state index >= 15 is 0 Å². The third kappa shape index (κ3) is 3.41. The molecule has 0 aliphatic carbocycles. The minimum Gasteiger partial charge on any atom is -0.307 e. The van der Waals surface area contributed by atoms with Gasteiger partial charge in [-0.05, 0) is 52.9 Å². The summed E-state index contributed by atoms with van der Waals surface area (Å²) in [5, 5.41) is 3.23. The molecule has 2 aromatic rings.